The number of amides is 1. The van der Waals surface area contributed by atoms with E-state index >= 15 is 0 Å². The molecule has 0 aliphatic heterocycles. The summed E-state index contributed by atoms with van der Waals surface area (Å²) in [5, 5.41) is 11.9. The maximum atomic E-state index is 13.8. The monoisotopic (exact) mass is 290 g/mol. The molecule has 2 N–H and O–H groups in total. The Hall–Kier alpha value is -1.27. The molecule has 2 rings (SSSR count). The van der Waals surface area contributed by atoms with Gasteiger partial charge in [0.2, 0.25) is 0 Å². The molecule has 104 valence electrons. The number of halogens is 3. The van der Waals surface area contributed by atoms with Gasteiger partial charge in [-0.2, -0.15) is 8.78 Å². The molecule has 1 aliphatic carbocycles. The zero-order valence-electron chi connectivity index (χ0n) is 10.2. The highest BCUT2D eigenvalue weighted by Crippen LogP contribution is 2.44. The van der Waals surface area contributed by atoms with Crippen molar-refractivity contribution in [2.45, 2.75) is 37.7 Å². The second kappa shape index (κ2) is 4.68. The summed E-state index contributed by atoms with van der Waals surface area (Å²) in [6, 6.07) is 1.44. The third-order valence-corrected chi connectivity index (χ3v) is 3.72. The van der Waals surface area contributed by atoms with E-state index < -0.39 is 17.4 Å². The van der Waals surface area contributed by atoms with Crippen LogP contribution < -0.4 is 5.32 Å². The van der Waals surface area contributed by atoms with Crippen LogP contribution in [-0.4, -0.2) is 27.5 Å². The fourth-order valence-corrected chi connectivity index (χ4v) is 1.98. The molecular weight excluding hydrogens is 278 g/mol. The fourth-order valence-electron chi connectivity index (χ4n) is 1.87. The van der Waals surface area contributed by atoms with Gasteiger partial charge < -0.3 is 10.4 Å². The molecule has 1 amide bonds. The van der Waals surface area contributed by atoms with Crippen molar-refractivity contribution in [3.05, 3.63) is 23.0 Å². The van der Waals surface area contributed by atoms with Crippen molar-refractivity contribution in [1.82, 2.24) is 4.98 Å². The third-order valence-electron chi connectivity index (χ3n) is 3.32. The average Bonchev–Trinajstić information content (AvgIpc) is 2.30. The number of aryl methyl sites for hydroxylation is 1. The van der Waals surface area contributed by atoms with E-state index in [0.29, 0.717) is 12.0 Å². The Bertz CT molecular complexity index is 518. The third kappa shape index (κ3) is 2.42. The highest BCUT2D eigenvalue weighted by Gasteiger charge is 2.61. The number of rotatable bonds is 3. The predicted octanol–water partition coefficient (Wildman–Crippen LogP) is 2.53. The van der Waals surface area contributed by atoms with Crippen LogP contribution >= 0.6 is 11.6 Å². The van der Waals surface area contributed by atoms with Crippen LogP contribution in [0.3, 0.4) is 0 Å². The first kappa shape index (κ1) is 14.1. The number of carbonyl (C=O) groups excluding carboxylic acids is 1. The summed E-state index contributed by atoms with van der Waals surface area (Å²) in [5.41, 5.74) is -1.55. The molecule has 0 spiro atoms. The molecule has 1 aromatic heterocycles. The molecule has 1 aromatic rings. The molecule has 0 saturated heterocycles. The largest absolute Gasteiger partial charge is 0.383 e. The Labute approximate surface area is 113 Å². The van der Waals surface area contributed by atoms with Gasteiger partial charge in [0, 0.05) is 0 Å². The number of carbonyl (C=O) groups is 1. The Balaban J connectivity index is 2.14. The number of nitrogens with zero attached hydrogens (tertiary/aromatic N) is 1. The number of pyridine rings is 1. The van der Waals surface area contributed by atoms with Gasteiger partial charge in [-0.3, -0.25) is 4.79 Å². The molecule has 19 heavy (non-hydrogen) atoms. The van der Waals surface area contributed by atoms with Gasteiger partial charge in [-0.15, -0.1) is 0 Å². The lowest BCUT2D eigenvalue weighted by Crippen LogP contribution is -2.59. The standard InChI is InChI=1S/C12H13ClF2N2O2/c1-7-5-8(6-16-9(7)13)17-10(18)12(14,15)11(19)3-2-4-11/h5-6,19H,2-4H2,1H3,(H,17,18). The fraction of sp³-hybridized carbons (Fsp3) is 0.500. The van der Waals surface area contributed by atoms with Crippen LogP contribution in [-0.2, 0) is 4.79 Å². The van der Waals surface area contributed by atoms with Crippen molar-refractivity contribution in [3.63, 3.8) is 0 Å². The molecule has 0 radical (unpaired) electrons. The zero-order chi connectivity index (χ0) is 14.3. The van der Waals surface area contributed by atoms with Crippen LogP contribution in [0, 0.1) is 6.92 Å². The molecule has 0 aromatic carbocycles. The van der Waals surface area contributed by atoms with Gasteiger partial charge in [0.1, 0.15) is 10.8 Å². The molecule has 4 nitrogen and oxygen atoms in total. The van der Waals surface area contributed by atoms with E-state index in [4.69, 9.17) is 11.6 Å². The Morgan fingerprint density at radius 2 is 2.21 bits per heavy atom. The first-order chi connectivity index (χ1) is 8.76. The minimum absolute atomic E-state index is 0.0781. The molecule has 0 atom stereocenters. The quantitative estimate of drug-likeness (QED) is 0.841. The maximum Gasteiger partial charge on any atom is 0.352 e. The van der Waals surface area contributed by atoms with Gasteiger partial charge in [0.25, 0.3) is 5.91 Å². The number of anilines is 1. The summed E-state index contributed by atoms with van der Waals surface area (Å²) >= 11 is 5.70. The number of hydrogen-bond acceptors (Lipinski definition) is 3. The molecule has 1 heterocycles. The minimum Gasteiger partial charge on any atom is -0.383 e. The minimum atomic E-state index is -3.82. The number of alkyl halides is 2. The lowest BCUT2D eigenvalue weighted by atomic mass is 9.75. The topological polar surface area (TPSA) is 62.2 Å². The normalized spacial score (nSPS) is 17.7. The SMILES string of the molecule is Cc1cc(NC(=O)C(F)(F)C2(O)CCC2)cnc1Cl. The Morgan fingerprint density at radius 3 is 2.68 bits per heavy atom. The van der Waals surface area contributed by atoms with Crippen molar-refractivity contribution in [3.8, 4) is 0 Å². The average molecular weight is 291 g/mol. The lowest BCUT2D eigenvalue weighted by molar-refractivity contribution is -0.212. The van der Waals surface area contributed by atoms with Crippen molar-refractivity contribution < 1.29 is 18.7 Å². The van der Waals surface area contributed by atoms with Gasteiger partial charge in [0.15, 0.2) is 0 Å². The van der Waals surface area contributed by atoms with Crippen LogP contribution in [0.4, 0.5) is 14.5 Å². The summed E-state index contributed by atoms with van der Waals surface area (Å²) in [4.78, 5) is 15.3. The van der Waals surface area contributed by atoms with Crippen LogP contribution in [0.15, 0.2) is 12.3 Å². The van der Waals surface area contributed by atoms with Crippen LogP contribution in [0.2, 0.25) is 5.15 Å². The van der Waals surface area contributed by atoms with E-state index in [0.717, 1.165) is 0 Å². The zero-order valence-corrected chi connectivity index (χ0v) is 11.0. The summed E-state index contributed by atoms with van der Waals surface area (Å²) < 4.78 is 27.6. The summed E-state index contributed by atoms with van der Waals surface area (Å²) in [6.45, 7) is 1.64. The van der Waals surface area contributed by atoms with E-state index in [2.05, 4.69) is 10.3 Å². The lowest BCUT2D eigenvalue weighted by Gasteiger charge is -2.41. The van der Waals surface area contributed by atoms with E-state index in [1.807, 2.05) is 0 Å². The van der Waals surface area contributed by atoms with E-state index in [1.54, 1.807) is 6.92 Å². The van der Waals surface area contributed by atoms with Gasteiger partial charge in [-0.1, -0.05) is 11.6 Å². The van der Waals surface area contributed by atoms with Crippen molar-refractivity contribution in [1.29, 1.82) is 0 Å². The van der Waals surface area contributed by atoms with Gasteiger partial charge >= 0.3 is 5.92 Å². The van der Waals surface area contributed by atoms with Crippen molar-refractivity contribution in [2.75, 3.05) is 5.32 Å². The number of hydrogen-bond donors (Lipinski definition) is 2. The molecule has 1 aliphatic rings. The second-order valence-electron chi connectivity index (χ2n) is 4.75. The van der Waals surface area contributed by atoms with Gasteiger partial charge in [0.05, 0.1) is 11.9 Å². The first-order valence-electron chi connectivity index (χ1n) is 5.80. The number of nitrogens with one attached hydrogen (secondary N) is 1. The van der Waals surface area contributed by atoms with Crippen molar-refractivity contribution >= 4 is 23.2 Å². The number of aromatic nitrogens is 1. The van der Waals surface area contributed by atoms with Crippen LogP contribution in [0.5, 0.6) is 0 Å². The number of aliphatic hydroxyl groups is 1. The molecule has 0 bridgehead atoms. The molecule has 1 saturated carbocycles. The highest BCUT2D eigenvalue weighted by atomic mass is 35.5. The molecular formula is C12H13ClF2N2O2. The van der Waals surface area contributed by atoms with E-state index in [-0.39, 0.29) is 23.7 Å². The smallest absolute Gasteiger partial charge is 0.352 e. The first-order valence-corrected chi connectivity index (χ1v) is 6.18. The van der Waals surface area contributed by atoms with Crippen LogP contribution in [0.1, 0.15) is 24.8 Å². The Morgan fingerprint density at radius 1 is 1.58 bits per heavy atom. The highest BCUT2D eigenvalue weighted by molar-refractivity contribution is 6.30. The molecule has 1 fully saturated rings. The predicted molar refractivity (Wildman–Crippen MR) is 66.4 cm³/mol. The molecule has 7 heteroatoms. The Kier molecular flexibility index (Phi) is 3.49. The summed E-state index contributed by atoms with van der Waals surface area (Å²) in [5.74, 6) is -5.35. The summed E-state index contributed by atoms with van der Waals surface area (Å²) in [6.07, 6.45) is 1.52. The maximum absolute atomic E-state index is 13.8. The molecule has 0 unspecified atom stereocenters. The van der Waals surface area contributed by atoms with Crippen molar-refractivity contribution in [2.24, 2.45) is 0 Å². The van der Waals surface area contributed by atoms with Gasteiger partial charge in [-0.05, 0) is 37.8 Å². The van der Waals surface area contributed by atoms with E-state index in [1.165, 1.54) is 12.3 Å². The van der Waals surface area contributed by atoms with Crippen LogP contribution in [0.25, 0.3) is 0 Å². The second-order valence-corrected chi connectivity index (χ2v) is 5.10. The van der Waals surface area contributed by atoms with Gasteiger partial charge in [-0.25, -0.2) is 4.98 Å². The van der Waals surface area contributed by atoms with E-state index in [9.17, 15) is 18.7 Å². The summed E-state index contributed by atoms with van der Waals surface area (Å²) in [7, 11) is 0.